The van der Waals surface area contributed by atoms with Gasteiger partial charge in [-0.25, -0.2) is 0 Å². The van der Waals surface area contributed by atoms with E-state index in [9.17, 15) is 5.11 Å². The Kier molecular flexibility index (Phi) is 4.11. The third kappa shape index (κ3) is 2.83. The SMILES string of the molecule is COCCCC(O)C1=CCCO1. The number of ether oxygens (including phenoxy) is 2. The van der Waals surface area contributed by atoms with Crippen LogP contribution in [0.4, 0.5) is 0 Å². The first-order valence-electron chi connectivity index (χ1n) is 4.34. The number of methoxy groups -OCH3 is 1. The maximum atomic E-state index is 9.53. The van der Waals surface area contributed by atoms with E-state index in [1.165, 1.54) is 0 Å². The third-order valence-electron chi connectivity index (χ3n) is 1.89. The Balaban J connectivity index is 2.14. The molecule has 1 heterocycles. The van der Waals surface area contributed by atoms with Crippen molar-refractivity contribution in [1.29, 1.82) is 0 Å². The van der Waals surface area contributed by atoms with Gasteiger partial charge in [0.15, 0.2) is 0 Å². The molecule has 0 radical (unpaired) electrons. The van der Waals surface area contributed by atoms with E-state index in [0.29, 0.717) is 6.61 Å². The molecule has 0 aromatic carbocycles. The summed E-state index contributed by atoms with van der Waals surface area (Å²) in [7, 11) is 1.66. The summed E-state index contributed by atoms with van der Waals surface area (Å²) in [4.78, 5) is 0. The van der Waals surface area contributed by atoms with E-state index in [2.05, 4.69) is 0 Å². The van der Waals surface area contributed by atoms with Crippen LogP contribution >= 0.6 is 0 Å². The predicted molar refractivity (Wildman–Crippen MR) is 45.8 cm³/mol. The summed E-state index contributed by atoms with van der Waals surface area (Å²) >= 11 is 0. The van der Waals surface area contributed by atoms with Gasteiger partial charge in [0.1, 0.15) is 11.9 Å². The van der Waals surface area contributed by atoms with Crippen molar-refractivity contribution >= 4 is 0 Å². The van der Waals surface area contributed by atoms with Crippen LogP contribution in [0.15, 0.2) is 11.8 Å². The van der Waals surface area contributed by atoms with Gasteiger partial charge in [-0.3, -0.25) is 0 Å². The average Bonchev–Trinajstić information content (AvgIpc) is 2.56. The summed E-state index contributed by atoms with van der Waals surface area (Å²) in [6, 6.07) is 0. The van der Waals surface area contributed by atoms with Crippen LogP contribution in [-0.4, -0.2) is 31.5 Å². The normalized spacial score (nSPS) is 18.7. The highest BCUT2D eigenvalue weighted by atomic mass is 16.5. The molecule has 3 heteroatoms. The molecule has 0 aromatic rings. The molecular weight excluding hydrogens is 156 g/mol. The van der Waals surface area contributed by atoms with Gasteiger partial charge < -0.3 is 14.6 Å². The molecule has 0 saturated carbocycles. The van der Waals surface area contributed by atoms with E-state index in [-0.39, 0.29) is 0 Å². The topological polar surface area (TPSA) is 38.7 Å². The van der Waals surface area contributed by atoms with Gasteiger partial charge in [-0.2, -0.15) is 0 Å². The van der Waals surface area contributed by atoms with Crippen LogP contribution in [0.25, 0.3) is 0 Å². The molecule has 0 bridgehead atoms. The summed E-state index contributed by atoms with van der Waals surface area (Å²) in [6.07, 6.45) is 4.05. The van der Waals surface area contributed by atoms with Crippen molar-refractivity contribution in [3.63, 3.8) is 0 Å². The lowest BCUT2D eigenvalue weighted by Gasteiger charge is -2.11. The molecule has 3 nitrogen and oxygen atoms in total. The maximum Gasteiger partial charge on any atom is 0.121 e. The summed E-state index contributed by atoms with van der Waals surface area (Å²) in [5.41, 5.74) is 0. The van der Waals surface area contributed by atoms with E-state index < -0.39 is 6.10 Å². The molecule has 0 spiro atoms. The molecule has 0 fully saturated rings. The number of aliphatic hydroxyl groups is 1. The van der Waals surface area contributed by atoms with Crippen LogP contribution in [-0.2, 0) is 9.47 Å². The fourth-order valence-electron chi connectivity index (χ4n) is 1.23. The fourth-order valence-corrected chi connectivity index (χ4v) is 1.23. The van der Waals surface area contributed by atoms with Crippen molar-refractivity contribution in [2.45, 2.75) is 25.4 Å². The Morgan fingerprint density at radius 1 is 1.75 bits per heavy atom. The van der Waals surface area contributed by atoms with E-state index >= 15 is 0 Å². The Morgan fingerprint density at radius 3 is 3.17 bits per heavy atom. The van der Waals surface area contributed by atoms with Gasteiger partial charge >= 0.3 is 0 Å². The van der Waals surface area contributed by atoms with Gasteiger partial charge in [0.25, 0.3) is 0 Å². The molecule has 1 unspecified atom stereocenters. The molecule has 0 aromatic heterocycles. The molecule has 70 valence electrons. The highest BCUT2D eigenvalue weighted by Crippen LogP contribution is 2.16. The average molecular weight is 172 g/mol. The monoisotopic (exact) mass is 172 g/mol. The van der Waals surface area contributed by atoms with Crippen LogP contribution in [0.5, 0.6) is 0 Å². The molecule has 1 N–H and O–H groups in total. The largest absolute Gasteiger partial charge is 0.495 e. The van der Waals surface area contributed by atoms with Crippen molar-refractivity contribution in [1.82, 2.24) is 0 Å². The van der Waals surface area contributed by atoms with Gasteiger partial charge in [0.2, 0.25) is 0 Å². The smallest absolute Gasteiger partial charge is 0.121 e. The van der Waals surface area contributed by atoms with Crippen LogP contribution in [0.2, 0.25) is 0 Å². The predicted octanol–water partition coefficient (Wildman–Crippen LogP) is 1.08. The third-order valence-corrected chi connectivity index (χ3v) is 1.89. The van der Waals surface area contributed by atoms with Gasteiger partial charge in [-0.1, -0.05) is 0 Å². The van der Waals surface area contributed by atoms with Crippen molar-refractivity contribution in [2.75, 3.05) is 20.3 Å². The molecule has 1 rings (SSSR count). The second-order valence-corrected chi connectivity index (χ2v) is 2.89. The summed E-state index contributed by atoms with van der Waals surface area (Å²) in [6.45, 7) is 1.42. The lowest BCUT2D eigenvalue weighted by Crippen LogP contribution is -2.11. The standard InChI is InChI=1S/C9H16O3/c1-11-6-2-4-8(10)9-5-3-7-12-9/h5,8,10H,2-4,6-7H2,1H3. The van der Waals surface area contributed by atoms with Crippen molar-refractivity contribution in [2.24, 2.45) is 0 Å². The minimum Gasteiger partial charge on any atom is -0.495 e. The summed E-state index contributed by atoms with van der Waals surface area (Å²) in [5, 5.41) is 9.53. The first-order valence-corrected chi connectivity index (χ1v) is 4.34. The zero-order valence-corrected chi connectivity index (χ0v) is 7.45. The van der Waals surface area contributed by atoms with Crippen molar-refractivity contribution in [3.8, 4) is 0 Å². The fraction of sp³-hybridized carbons (Fsp3) is 0.778. The lowest BCUT2D eigenvalue weighted by molar-refractivity contribution is 0.100. The van der Waals surface area contributed by atoms with Gasteiger partial charge in [-0.05, 0) is 18.9 Å². The lowest BCUT2D eigenvalue weighted by atomic mass is 10.1. The first kappa shape index (κ1) is 9.55. The highest BCUT2D eigenvalue weighted by molar-refractivity contribution is 5.03. The second kappa shape index (κ2) is 5.17. The minimum absolute atomic E-state index is 0.428. The minimum atomic E-state index is -0.428. The molecule has 12 heavy (non-hydrogen) atoms. The number of hydrogen-bond donors (Lipinski definition) is 1. The summed E-state index contributed by atoms with van der Waals surface area (Å²) < 4.78 is 10.1. The molecular formula is C9H16O3. The van der Waals surface area contributed by atoms with E-state index in [0.717, 1.165) is 31.6 Å². The van der Waals surface area contributed by atoms with E-state index in [1.54, 1.807) is 7.11 Å². The molecule has 1 atom stereocenters. The van der Waals surface area contributed by atoms with Crippen molar-refractivity contribution < 1.29 is 14.6 Å². The van der Waals surface area contributed by atoms with Crippen molar-refractivity contribution in [3.05, 3.63) is 11.8 Å². The maximum absolute atomic E-state index is 9.53. The molecule has 0 aliphatic carbocycles. The Labute approximate surface area is 73.0 Å². The molecule has 1 aliphatic rings. The quantitative estimate of drug-likeness (QED) is 0.631. The number of aliphatic hydroxyl groups excluding tert-OH is 1. The summed E-state index contributed by atoms with van der Waals surface area (Å²) in [5.74, 6) is 0.742. The van der Waals surface area contributed by atoms with E-state index in [4.69, 9.17) is 9.47 Å². The zero-order valence-electron chi connectivity index (χ0n) is 7.45. The number of hydrogen-bond acceptors (Lipinski definition) is 3. The van der Waals surface area contributed by atoms with Gasteiger partial charge in [0.05, 0.1) is 6.61 Å². The van der Waals surface area contributed by atoms with Crippen LogP contribution < -0.4 is 0 Å². The zero-order chi connectivity index (χ0) is 8.81. The molecule has 0 saturated heterocycles. The van der Waals surface area contributed by atoms with Crippen LogP contribution in [0.1, 0.15) is 19.3 Å². The highest BCUT2D eigenvalue weighted by Gasteiger charge is 2.14. The Bertz CT molecular complexity index is 154. The Hall–Kier alpha value is -0.540. The van der Waals surface area contributed by atoms with Gasteiger partial charge in [-0.15, -0.1) is 0 Å². The second-order valence-electron chi connectivity index (χ2n) is 2.89. The molecule has 1 aliphatic heterocycles. The number of rotatable bonds is 5. The van der Waals surface area contributed by atoms with E-state index in [1.807, 2.05) is 6.08 Å². The van der Waals surface area contributed by atoms with Gasteiger partial charge in [0, 0.05) is 20.1 Å². The molecule has 0 amide bonds. The van der Waals surface area contributed by atoms with Crippen LogP contribution in [0.3, 0.4) is 0 Å². The van der Waals surface area contributed by atoms with Crippen LogP contribution in [0, 0.1) is 0 Å². The first-order chi connectivity index (χ1) is 5.84. The Morgan fingerprint density at radius 2 is 2.58 bits per heavy atom.